The third kappa shape index (κ3) is 7.31. The summed E-state index contributed by atoms with van der Waals surface area (Å²) in [7, 11) is 1.73. The summed E-state index contributed by atoms with van der Waals surface area (Å²) in [5.74, 6) is 0.165. The van der Waals surface area contributed by atoms with Crippen molar-refractivity contribution in [3.8, 4) is 0 Å². The summed E-state index contributed by atoms with van der Waals surface area (Å²) in [6.07, 6.45) is 0. The summed E-state index contributed by atoms with van der Waals surface area (Å²) in [5, 5.41) is 5.57. The minimum Gasteiger partial charge on any atom is -0.399 e. The zero-order valence-electron chi connectivity index (χ0n) is 12.8. The molecule has 1 aromatic carbocycles. The molecule has 4 N–H and O–H groups in total. The smallest absolute Gasteiger partial charge is 0.238 e. The van der Waals surface area contributed by atoms with E-state index in [1.54, 1.807) is 36.2 Å². The van der Waals surface area contributed by atoms with Gasteiger partial charge in [0.25, 0.3) is 0 Å². The van der Waals surface area contributed by atoms with Crippen LogP contribution in [0.2, 0.25) is 0 Å². The number of rotatable bonds is 7. The van der Waals surface area contributed by atoms with Crippen molar-refractivity contribution in [3.05, 3.63) is 24.3 Å². The first-order valence-electron chi connectivity index (χ1n) is 6.97. The number of nitrogens with one attached hydrogen (secondary N) is 2. The maximum Gasteiger partial charge on any atom is 0.238 e. The van der Waals surface area contributed by atoms with Gasteiger partial charge in [0.2, 0.25) is 11.8 Å². The molecule has 0 spiro atoms. The van der Waals surface area contributed by atoms with E-state index in [1.807, 2.05) is 13.8 Å². The molecule has 0 saturated carbocycles. The second-order valence-electron chi connectivity index (χ2n) is 5.54. The maximum absolute atomic E-state index is 11.8. The second kappa shape index (κ2) is 8.26. The van der Waals surface area contributed by atoms with E-state index >= 15 is 0 Å². The number of nitrogens with two attached hydrogens (primary N) is 1. The van der Waals surface area contributed by atoms with E-state index < -0.39 is 0 Å². The molecule has 0 aliphatic heterocycles. The summed E-state index contributed by atoms with van der Waals surface area (Å²) in [6, 6.07) is 6.92. The van der Waals surface area contributed by atoms with Crippen molar-refractivity contribution in [2.24, 2.45) is 5.92 Å². The van der Waals surface area contributed by atoms with Gasteiger partial charge in [0.1, 0.15) is 0 Å². The molecule has 6 nitrogen and oxygen atoms in total. The maximum atomic E-state index is 11.8. The van der Waals surface area contributed by atoms with Crippen molar-refractivity contribution in [2.75, 3.05) is 37.7 Å². The van der Waals surface area contributed by atoms with Crippen molar-refractivity contribution in [2.45, 2.75) is 13.8 Å². The van der Waals surface area contributed by atoms with Crippen molar-refractivity contribution in [1.29, 1.82) is 0 Å². The molecule has 2 amide bonds. The van der Waals surface area contributed by atoms with Crippen LogP contribution in [0.1, 0.15) is 13.8 Å². The number of carbonyl (C=O) groups excluding carboxylic acids is 2. The monoisotopic (exact) mass is 292 g/mol. The van der Waals surface area contributed by atoms with Gasteiger partial charge in [-0.3, -0.25) is 14.5 Å². The molecule has 0 aliphatic carbocycles. The van der Waals surface area contributed by atoms with Crippen LogP contribution in [0.3, 0.4) is 0 Å². The standard InChI is InChI=1S/C15H24N4O2/c1-11(2)8-17-14(20)9-19(3)10-15(21)18-13-6-4-12(16)5-7-13/h4-7,11H,8-10,16H2,1-3H3,(H,17,20)(H,18,21). The van der Waals surface area contributed by atoms with Crippen LogP contribution in [0, 0.1) is 5.92 Å². The zero-order valence-corrected chi connectivity index (χ0v) is 12.8. The Hall–Kier alpha value is -2.08. The molecule has 21 heavy (non-hydrogen) atoms. The molecule has 0 bridgehead atoms. The lowest BCUT2D eigenvalue weighted by Crippen LogP contribution is -2.39. The van der Waals surface area contributed by atoms with Crippen LogP contribution in [0.4, 0.5) is 11.4 Å². The van der Waals surface area contributed by atoms with Crippen LogP contribution in [-0.2, 0) is 9.59 Å². The topological polar surface area (TPSA) is 87.5 Å². The van der Waals surface area contributed by atoms with E-state index in [0.29, 0.717) is 23.8 Å². The Kier molecular flexibility index (Phi) is 6.68. The highest BCUT2D eigenvalue weighted by Crippen LogP contribution is 2.10. The molecule has 0 fully saturated rings. The molecule has 0 aliphatic rings. The highest BCUT2D eigenvalue weighted by Gasteiger charge is 2.11. The van der Waals surface area contributed by atoms with Crippen molar-refractivity contribution >= 4 is 23.2 Å². The zero-order chi connectivity index (χ0) is 15.8. The van der Waals surface area contributed by atoms with Crippen LogP contribution < -0.4 is 16.4 Å². The number of carbonyl (C=O) groups is 2. The Bertz CT molecular complexity index is 471. The number of nitrogen functional groups attached to an aromatic ring is 1. The van der Waals surface area contributed by atoms with Gasteiger partial charge in [0.15, 0.2) is 0 Å². The predicted molar refractivity (Wildman–Crippen MR) is 84.8 cm³/mol. The van der Waals surface area contributed by atoms with Crippen LogP contribution >= 0.6 is 0 Å². The van der Waals surface area contributed by atoms with Crippen LogP contribution in [0.15, 0.2) is 24.3 Å². The summed E-state index contributed by atoms with van der Waals surface area (Å²) in [4.78, 5) is 25.1. The first-order valence-corrected chi connectivity index (χ1v) is 6.97. The molecule has 1 rings (SSSR count). The Morgan fingerprint density at radius 3 is 2.29 bits per heavy atom. The normalized spacial score (nSPS) is 10.7. The third-order valence-electron chi connectivity index (χ3n) is 2.73. The van der Waals surface area contributed by atoms with E-state index in [0.717, 1.165) is 0 Å². The minimum absolute atomic E-state index is 0.0773. The van der Waals surface area contributed by atoms with E-state index in [9.17, 15) is 9.59 Å². The fourth-order valence-corrected chi connectivity index (χ4v) is 1.69. The third-order valence-corrected chi connectivity index (χ3v) is 2.73. The van der Waals surface area contributed by atoms with E-state index in [1.165, 1.54) is 0 Å². The van der Waals surface area contributed by atoms with Gasteiger partial charge >= 0.3 is 0 Å². The first kappa shape index (κ1) is 17.0. The number of anilines is 2. The lowest BCUT2D eigenvalue weighted by molar-refractivity contribution is -0.123. The fraction of sp³-hybridized carbons (Fsp3) is 0.467. The molecular formula is C15H24N4O2. The number of nitrogens with zero attached hydrogens (tertiary/aromatic N) is 1. The Morgan fingerprint density at radius 2 is 1.71 bits per heavy atom. The number of benzene rings is 1. The van der Waals surface area contributed by atoms with Gasteiger partial charge in [-0.1, -0.05) is 13.8 Å². The first-order chi connectivity index (χ1) is 9.86. The van der Waals surface area contributed by atoms with E-state index in [4.69, 9.17) is 5.73 Å². The van der Waals surface area contributed by atoms with Gasteiger partial charge in [-0.25, -0.2) is 0 Å². The quantitative estimate of drug-likeness (QED) is 0.652. The highest BCUT2D eigenvalue weighted by atomic mass is 16.2. The fourth-order valence-electron chi connectivity index (χ4n) is 1.69. The molecule has 0 heterocycles. The Labute approximate surface area is 125 Å². The van der Waals surface area contributed by atoms with Gasteiger partial charge in [0.05, 0.1) is 13.1 Å². The molecule has 0 radical (unpaired) electrons. The molecule has 0 unspecified atom stereocenters. The van der Waals surface area contributed by atoms with Crippen molar-refractivity contribution in [3.63, 3.8) is 0 Å². The number of hydrogen-bond donors (Lipinski definition) is 3. The van der Waals surface area contributed by atoms with Crippen molar-refractivity contribution < 1.29 is 9.59 Å². The second-order valence-corrected chi connectivity index (χ2v) is 5.54. The summed E-state index contributed by atoms with van der Waals surface area (Å²) < 4.78 is 0. The van der Waals surface area contributed by atoms with E-state index in [2.05, 4.69) is 10.6 Å². The average molecular weight is 292 g/mol. The molecule has 116 valence electrons. The van der Waals surface area contributed by atoms with Crippen LogP contribution in [0.25, 0.3) is 0 Å². The van der Waals surface area contributed by atoms with Gasteiger partial charge in [-0.2, -0.15) is 0 Å². The molecule has 0 saturated heterocycles. The minimum atomic E-state index is -0.168. The van der Waals surface area contributed by atoms with Gasteiger partial charge in [0, 0.05) is 17.9 Å². The predicted octanol–water partition coefficient (Wildman–Crippen LogP) is 0.911. The SMILES string of the molecule is CC(C)CNC(=O)CN(C)CC(=O)Nc1ccc(N)cc1. The number of amides is 2. The molecule has 1 aromatic rings. The lowest BCUT2D eigenvalue weighted by Gasteiger charge is -2.16. The summed E-state index contributed by atoms with van der Waals surface area (Å²) >= 11 is 0. The van der Waals surface area contributed by atoms with Gasteiger partial charge < -0.3 is 16.4 Å². The molecule has 0 aromatic heterocycles. The highest BCUT2D eigenvalue weighted by molar-refractivity contribution is 5.92. The van der Waals surface area contributed by atoms with Gasteiger partial charge in [-0.05, 0) is 37.2 Å². The van der Waals surface area contributed by atoms with Crippen LogP contribution in [0.5, 0.6) is 0 Å². The summed E-state index contributed by atoms with van der Waals surface area (Å²) in [5.41, 5.74) is 6.91. The van der Waals surface area contributed by atoms with Crippen molar-refractivity contribution in [1.82, 2.24) is 10.2 Å². The van der Waals surface area contributed by atoms with Gasteiger partial charge in [-0.15, -0.1) is 0 Å². The lowest BCUT2D eigenvalue weighted by atomic mass is 10.2. The number of hydrogen-bond acceptors (Lipinski definition) is 4. The average Bonchev–Trinajstić information content (AvgIpc) is 2.38. The molecule has 6 heteroatoms. The Balaban J connectivity index is 2.33. The van der Waals surface area contributed by atoms with E-state index in [-0.39, 0.29) is 24.9 Å². The van der Waals surface area contributed by atoms with Crippen LogP contribution in [-0.4, -0.2) is 43.4 Å². The number of likely N-dealkylation sites (N-methyl/N-ethyl adjacent to an activating group) is 1. The summed E-state index contributed by atoms with van der Waals surface area (Å²) in [6.45, 7) is 5.06. The molecule has 0 atom stereocenters. The largest absolute Gasteiger partial charge is 0.399 e. The Morgan fingerprint density at radius 1 is 1.14 bits per heavy atom. The molecular weight excluding hydrogens is 268 g/mol.